The number of pyridine rings is 1. The van der Waals surface area contributed by atoms with E-state index >= 15 is 0 Å². The minimum Gasteiger partial charge on any atom is -0.495 e. The number of thioether (sulfide) groups is 1. The Bertz CT molecular complexity index is 404. The van der Waals surface area contributed by atoms with Crippen LogP contribution in [0.4, 0.5) is 0 Å². The van der Waals surface area contributed by atoms with Crippen LogP contribution < -0.4 is 4.74 Å². The number of methoxy groups -OCH3 is 1. The third kappa shape index (κ3) is 5.25. The lowest BCUT2D eigenvalue weighted by molar-refractivity contribution is 0.412. The molecule has 0 aliphatic carbocycles. The van der Waals surface area contributed by atoms with Gasteiger partial charge in [0.05, 0.1) is 24.1 Å². The molecule has 0 aliphatic rings. The summed E-state index contributed by atoms with van der Waals surface area (Å²) in [7, 11) is 3.22. The van der Waals surface area contributed by atoms with E-state index in [9.17, 15) is 8.42 Å². The highest BCUT2D eigenvalue weighted by Crippen LogP contribution is 2.18. The van der Waals surface area contributed by atoms with E-state index in [4.69, 9.17) is 15.4 Å². The number of nitrogens with zero attached hydrogens (tertiary/aromatic N) is 1. The van der Waals surface area contributed by atoms with Gasteiger partial charge in [-0.2, -0.15) is 0 Å². The Balaban J connectivity index is 2.45. The van der Waals surface area contributed by atoms with Crippen LogP contribution in [0.3, 0.4) is 0 Å². The zero-order valence-electron chi connectivity index (χ0n) is 8.01. The lowest BCUT2D eigenvalue weighted by atomic mass is 10.5. The van der Waals surface area contributed by atoms with Gasteiger partial charge < -0.3 is 4.74 Å². The molecule has 0 bridgehead atoms. The van der Waals surface area contributed by atoms with Crippen molar-refractivity contribution in [2.45, 2.75) is 5.03 Å². The van der Waals surface area contributed by atoms with E-state index < -0.39 is 9.05 Å². The minimum absolute atomic E-state index is 0.0626. The molecule has 1 heterocycles. The molecule has 0 saturated heterocycles. The van der Waals surface area contributed by atoms with Crippen molar-refractivity contribution in [1.82, 2.24) is 4.98 Å². The van der Waals surface area contributed by atoms with Gasteiger partial charge in [-0.1, -0.05) is 0 Å². The predicted octanol–water partition coefficient (Wildman–Crippen LogP) is 1.75. The van der Waals surface area contributed by atoms with E-state index in [0.717, 1.165) is 5.03 Å². The molecule has 1 aromatic rings. The number of rotatable bonds is 5. The highest BCUT2D eigenvalue weighted by atomic mass is 35.7. The van der Waals surface area contributed by atoms with Gasteiger partial charge >= 0.3 is 0 Å². The quantitative estimate of drug-likeness (QED) is 0.601. The Morgan fingerprint density at radius 1 is 1.53 bits per heavy atom. The Morgan fingerprint density at radius 2 is 2.27 bits per heavy atom. The van der Waals surface area contributed by atoms with Crippen LogP contribution >= 0.6 is 22.4 Å². The van der Waals surface area contributed by atoms with Crippen LogP contribution in [0.5, 0.6) is 5.75 Å². The van der Waals surface area contributed by atoms with E-state index in [1.54, 1.807) is 25.4 Å². The molecule has 0 radical (unpaired) electrons. The van der Waals surface area contributed by atoms with Crippen LogP contribution in [-0.4, -0.2) is 32.0 Å². The van der Waals surface area contributed by atoms with Gasteiger partial charge in [0.15, 0.2) is 0 Å². The zero-order valence-corrected chi connectivity index (χ0v) is 10.4. The first-order valence-electron chi connectivity index (χ1n) is 4.06. The van der Waals surface area contributed by atoms with Crippen molar-refractivity contribution in [2.24, 2.45) is 0 Å². The molecule has 0 spiro atoms. The van der Waals surface area contributed by atoms with Gasteiger partial charge in [-0.3, -0.25) is 0 Å². The molecule has 15 heavy (non-hydrogen) atoms. The average Bonchev–Trinajstić information content (AvgIpc) is 2.17. The van der Waals surface area contributed by atoms with Gasteiger partial charge in [-0.25, -0.2) is 13.4 Å². The van der Waals surface area contributed by atoms with Gasteiger partial charge in [0.1, 0.15) is 5.75 Å². The van der Waals surface area contributed by atoms with Crippen molar-refractivity contribution in [3.05, 3.63) is 18.3 Å². The van der Waals surface area contributed by atoms with Gasteiger partial charge in [0.25, 0.3) is 0 Å². The lowest BCUT2D eigenvalue weighted by Crippen LogP contribution is -1.99. The molecule has 1 rings (SSSR count). The summed E-state index contributed by atoms with van der Waals surface area (Å²) >= 11 is 1.34. The second kappa shape index (κ2) is 5.58. The summed E-state index contributed by atoms with van der Waals surface area (Å²) in [4.78, 5) is 4.07. The Morgan fingerprint density at radius 3 is 2.73 bits per heavy atom. The van der Waals surface area contributed by atoms with Crippen LogP contribution in [0.1, 0.15) is 0 Å². The highest BCUT2D eigenvalue weighted by Gasteiger charge is 2.05. The second-order valence-corrected chi connectivity index (χ2v) is 6.64. The summed E-state index contributed by atoms with van der Waals surface area (Å²) in [5, 5.41) is 0.746. The van der Waals surface area contributed by atoms with Crippen LogP contribution in [0.25, 0.3) is 0 Å². The fourth-order valence-corrected chi connectivity index (χ4v) is 3.02. The molecular formula is C8H10ClNO3S2. The van der Waals surface area contributed by atoms with Crippen LogP contribution in [0.2, 0.25) is 0 Å². The molecule has 0 atom stereocenters. The summed E-state index contributed by atoms with van der Waals surface area (Å²) in [6, 6.07) is 3.54. The van der Waals surface area contributed by atoms with E-state index in [0.29, 0.717) is 11.5 Å². The third-order valence-corrected chi connectivity index (χ3v) is 3.88. The van der Waals surface area contributed by atoms with E-state index in [1.807, 2.05) is 0 Å². The summed E-state index contributed by atoms with van der Waals surface area (Å²) < 4.78 is 26.2. The largest absolute Gasteiger partial charge is 0.495 e. The predicted molar refractivity (Wildman–Crippen MR) is 61.2 cm³/mol. The summed E-state index contributed by atoms with van der Waals surface area (Å²) in [5.41, 5.74) is 0. The van der Waals surface area contributed by atoms with Crippen molar-refractivity contribution < 1.29 is 13.2 Å². The van der Waals surface area contributed by atoms with Crippen LogP contribution in [0, 0.1) is 0 Å². The van der Waals surface area contributed by atoms with Gasteiger partial charge in [0, 0.05) is 16.4 Å². The molecular weight excluding hydrogens is 258 g/mol. The number of halogens is 1. The van der Waals surface area contributed by atoms with Crippen molar-refractivity contribution in [3.8, 4) is 5.75 Å². The lowest BCUT2D eigenvalue weighted by Gasteiger charge is -2.01. The van der Waals surface area contributed by atoms with Crippen molar-refractivity contribution in [3.63, 3.8) is 0 Å². The summed E-state index contributed by atoms with van der Waals surface area (Å²) in [6.45, 7) is 0. The van der Waals surface area contributed by atoms with Crippen molar-refractivity contribution >= 4 is 31.5 Å². The number of hydrogen-bond acceptors (Lipinski definition) is 5. The van der Waals surface area contributed by atoms with Gasteiger partial charge in [-0.15, -0.1) is 11.8 Å². The fraction of sp³-hybridized carbons (Fsp3) is 0.375. The Kier molecular flexibility index (Phi) is 4.69. The van der Waals surface area contributed by atoms with Crippen molar-refractivity contribution in [1.29, 1.82) is 0 Å². The average molecular weight is 268 g/mol. The number of aromatic nitrogens is 1. The monoisotopic (exact) mass is 267 g/mol. The van der Waals surface area contributed by atoms with E-state index in [2.05, 4.69) is 4.98 Å². The number of ether oxygens (including phenoxy) is 1. The molecule has 0 aliphatic heterocycles. The Labute approximate surface area is 97.4 Å². The molecule has 1 aromatic heterocycles. The third-order valence-electron chi connectivity index (χ3n) is 1.52. The molecule has 84 valence electrons. The standard InChI is InChI=1S/C8H10ClNO3S2/c1-13-7-2-3-8(10-6-7)14-4-5-15(9,11)12/h2-3,6H,4-5H2,1H3. The molecule has 0 saturated carbocycles. The maximum Gasteiger partial charge on any atom is 0.233 e. The molecule has 7 heteroatoms. The minimum atomic E-state index is -3.41. The SMILES string of the molecule is COc1ccc(SCCS(=O)(=O)Cl)nc1. The number of hydrogen-bond donors (Lipinski definition) is 0. The molecule has 0 aromatic carbocycles. The molecule has 0 unspecified atom stereocenters. The maximum atomic E-state index is 10.6. The van der Waals surface area contributed by atoms with Gasteiger partial charge in [0.2, 0.25) is 9.05 Å². The van der Waals surface area contributed by atoms with E-state index in [1.165, 1.54) is 11.8 Å². The van der Waals surface area contributed by atoms with E-state index in [-0.39, 0.29) is 5.75 Å². The smallest absolute Gasteiger partial charge is 0.233 e. The molecule has 4 nitrogen and oxygen atoms in total. The first kappa shape index (κ1) is 12.6. The first-order chi connectivity index (χ1) is 7.01. The van der Waals surface area contributed by atoms with Crippen molar-refractivity contribution in [2.75, 3.05) is 18.6 Å². The molecule has 0 amide bonds. The molecule has 0 fully saturated rings. The van der Waals surface area contributed by atoms with Crippen LogP contribution in [-0.2, 0) is 9.05 Å². The summed E-state index contributed by atoms with van der Waals surface area (Å²) in [5.74, 6) is 1.00. The van der Waals surface area contributed by atoms with Crippen LogP contribution in [0.15, 0.2) is 23.4 Å². The Hall–Kier alpha value is -0.460. The topological polar surface area (TPSA) is 56.3 Å². The highest BCUT2D eigenvalue weighted by molar-refractivity contribution is 8.14. The molecule has 0 N–H and O–H groups in total. The van der Waals surface area contributed by atoms with Gasteiger partial charge in [-0.05, 0) is 12.1 Å². The second-order valence-electron chi connectivity index (χ2n) is 2.63. The fourth-order valence-electron chi connectivity index (χ4n) is 0.819. The maximum absolute atomic E-state index is 10.6. The summed E-state index contributed by atoms with van der Waals surface area (Å²) in [6.07, 6.45) is 1.58. The zero-order chi connectivity index (χ0) is 11.3. The first-order valence-corrected chi connectivity index (χ1v) is 7.53. The normalized spacial score (nSPS) is 11.3.